The fraction of sp³-hybridized carbons (Fsp3) is 0.562. The van der Waals surface area contributed by atoms with Crippen LogP contribution in [0, 0.1) is 5.92 Å². The second-order valence-corrected chi connectivity index (χ2v) is 5.78. The number of nitrogens with two attached hydrogens (primary N) is 1. The van der Waals surface area contributed by atoms with E-state index >= 15 is 0 Å². The van der Waals surface area contributed by atoms with Crippen molar-refractivity contribution < 1.29 is 9.53 Å². The molecule has 0 aliphatic heterocycles. The highest BCUT2D eigenvalue weighted by molar-refractivity contribution is 5.94. The summed E-state index contributed by atoms with van der Waals surface area (Å²) in [5.41, 5.74) is 7.70. The van der Waals surface area contributed by atoms with E-state index in [1.54, 1.807) is 0 Å². The third kappa shape index (κ3) is 8.05. The van der Waals surface area contributed by atoms with Gasteiger partial charge >= 0.3 is 0 Å². The number of hydrogen-bond donors (Lipinski definition) is 2. The van der Waals surface area contributed by atoms with Crippen molar-refractivity contribution in [1.82, 2.24) is 0 Å². The largest absolute Gasteiger partial charge is 0.374 e. The topological polar surface area (TPSA) is 64.4 Å². The molecule has 0 aliphatic carbocycles. The Kier molecular flexibility index (Phi) is 9.26. The van der Waals surface area contributed by atoms with Gasteiger partial charge in [-0.15, -0.1) is 12.4 Å². The monoisotopic (exact) mass is 314 g/mol. The maximum Gasteiger partial charge on any atom is 0.241 e. The highest BCUT2D eigenvalue weighted by Gasteiger charge is 2.14. The summed E-state index contributed by atoms with van der Waals surface area (Å²) in [6.45, 7) is 8.70. The normalized spacial score (nSPS) is 12.1. The molecular weight excluding hydrogens is 288 g/mol. The minimum absolute atomic E-state index is 0. The van der Waals surface area contributed by atoms with Crippen LogP contribution in [-0.2, 0) is 16.1 Å². The number of nitrogens with one attached hydrogen (secondary N) is 1. The Labute approximate surface area is 133 Å². The van der Waals surface area contributed by atoms with Crippen molar-refractivity contribution in [2.45, 2.75) is 52.9 Å². The summed E-state index contributed by atoms with van der Waals surface area (Å²) in [6.07, 6.45) is 0.898. The second-order valence-electron chi connectivity index (χ2n) is 5.78. The van der Waals surface area contributed by atoms with Crippen LogP contribution in [0.5, 0.6) is 0 Å². The summed E-state index contributed by atoms with van der Waals surface area (Å²) in [5, 5.41) is 2.83. The first-order valence-electron chi connectivity index (χ1n) is 7.15. The summed E-state index contributed by atoms with van der Waals surface area (Å²) in [4.78, 5) is 11.9. The lowest BCUT2D eigenvalue weighted by molar-refractivity contribution is -0.117. The van der Waals surface area contributed by atoms with Gasteiger partial charge in [0.05, 0.1) is 18.8 Å². The molecular formula is C16H27ClN2O2. The van der Waals surface area contributed by atoms with Gasteiger partial charge < -0.3 is 15.8 Å². The average Bonchev–Trinajstić information content (AvgIpc) is 2.37. The van der Waals surface area contributed by atoms with Crippen molar-refractivity contribution in [3.8, 4) is 0 Å². The summed E-state index contributed by atoms with van der Waals surface area (Å²) in [7, 11) is 0. The highest BCUT2D eigenvalue weighted by atomic mass is 35.5. The van der Waals surface area contributed by atoms with Gasteiger partial charge in [0.2, 0.25) is 5.91 Å². The van der Waals surface area contributed by atoms with Crippen molar-refractivity contribution in [2.75, 3.05) is 5.32 Å². The van der Waals surface area contributed by atoms with Crippen LogP contribution in [0.2, 0.25) is 0 Å². The highest BCUT2D eigenvalue weighted by Crippen LogP contribution is 2.12. The molecule has 1 aromatic rings. The first-order valence-corrected chi connectivity index (χ1v) is 7.15. The number of halogens is 1. The summed E-state index contributed by atoms with van der Waals surface area (Å²) in [6, 6.07) is 7.19. The number of rotatable bonds is 7. The lowest BCUT2D eigenvalue weighted by Gasteiger charge is -2.14. The van der Waals surface area contributed by atoms with Gasteiger partial charge in [-0.1, -0.05) is 26.0 Å². The van der Waals surface area contributed by atoms with Gasteiger partial charge in [0.25, 0.3) is 0 Å². The van der Waals surface area contributed by atoms with E-state index in [2.05, 4.69) is 19.2 Å². The molecule has 4 nitrogen and oxygen atoms in total. The average molecular weight is 315 g/mol. The Morgan fingerprint density at radius 3 is 2.24 bits per heavy atom. The van der Waals surface area contributed by atoms with E-state index in [1.165, 1.54) is 0 Å². The fourth-order valence-corrected chi connectivity index (χ4v) is 1.80. The standard InChI is InChI=1S/C16H26N2O2.ClH/c1-11(2)9-15(17)16(19)18-14-7-5-13(6-8-14)10-20-12(3)4;/h5-8,11-12,15H,9-10,17H2,1-4H3,(H,18,19);1H/t15-;/m0./s1. The molecule has 0 unspecified atom stereocenters. The van der Waals surface area contributed by atoms with Crippen molar-refractivity contribution in [3.05, 3.63) is 29.8 Å². The Morgan fingerprint density at radius 2 is 1.76 bits per heavy atom. The van der Waals surface area contributed by atoms with Crippen LogP contribution in [0.1, 0.15) is 39.7 Å². The molecule has 1 amide bonds. The lowest BCUT2D eigenvalue weighted by Crippen LogP contribution is -2.36. The van der Waals surface area contributed by atoms with E-state index in [0.29, 0.717) is 18.9 Å². The molecule has 0 fully saturated rings. The smallest absolute Gasteiger partial charge is 0.241 e. The van der Waals surface area contributed by atoms with Crippen molar-refractivity contribution in [3.63, 3.8) is 0 Å². The molecule has 0 saturated heterocycles. The molecule has 3 N–H and O–H groups in total. The van der Waals surface area contributed by atoms with E-state index in [9.17, 15) is 4.79 Å². The van der Waals surface area contributed by atoms with Crippen LogP contribution in [-0.4, -0.2) is 18.1 Å². The zero-order chi connectivity index (χ0) is 15.1. The predicted octanol–water partition coefficient (Wildman–Crippen LogP) is 3.35. The number of ether oxygens (including phenoxy) is 1. The van der Waals surface area contributed by atoms with E-state index in [-0.39, 0.29) is 24.4 Å². The molecule has 0 aromatic heterocycles. The molecule has 120 valence electrons. The maximum atomic E-state index is 11.9. The minimum Gasteiger partial charge on any atom is -0.374 e. The van der Waals surface area contributed by atoms with Crippen molar-refractivity contribution >= 4 is 24.0 Å². The molecule has 0 aliphatic rings. The number of anilines is 1. The second kappa shape index (κ2) is 9.77. The zero-order valence-electron chi connectivity index (χ0n) is 13.3. The van der Waals surface area contributed by atoms with E-state index in [4.69, 9.17) is 10.5 Å². The number of carbonyl (C=O) groups is 1. The SMILES string of the molecule is CC(C)C[C@H](N)C(=O)Nc1ccc(COC(C)C)cc1.Cl. The molecule has 0 saturated carbocycles. The number of benzene rings is 1. The first kappa shape index (κ1) is 19.9. The van der Waals surface area contributed by atoms with E-state index < -0.39 is 6.04 Å². The Hall–Kier alpha value is -1.10. The molecule has 0 spiro atoms. The van der Waals surface area contributed by atoms with Crippen LogP contribution in [0.25, 0.3) is 0 Å². The zero-order valence-corrected chi connectivity index (χ0v) is 14.1. The van der Waals surface area contributed by atoms with E-state index in [1.807, 2.05) is 38.1 Å². The Balaban J connectivity index is 0.00000400. The minimum atomic E-state index is -0.459. The number of amides is 1. The summed E-state index contributed by atoms with van der Waals surface area (Å²) < 4.78 is 5.52. The van der Waals surface area contributed by atoms with Crippen molar-refractivity contribution in [2.24, 2.45) is 11.7 Å². The molecule has 1 atom stereocenters. The van der Waals surface area contributed by atoms with Gasteiger partial charge in [0.15, 0.2) is 0 Å². The molecule has 21 heavy (non-hydrogen) atoms. The van der Waals surface area contributed by atoms with Gasteiger partial charge in [-0.05, 0) is 43.9 Å². The summed E-state index contributed by atoms with van der Waals surface area (Å²) >= 11 is 0. The fourth-order valence-electron chi connectivity index (χ4n) is 1.80. The van der Waals surface area contributed by atoms with Crippen molar-refractivity contribution in [1.29, 1.82) is 0 Å². The van der Waals surface area contributed by atoms with Gasteiger partial charge in [-0.25, -0.2) is 0 Å². The van der Waals surface area contributed by atoms with E-state index in [0.717, 1.165) is 11.3 Å². The van der Waals surface area contributed by atoms with Crippen LogP contribution < -0.4 is 11.1 Å². The van der Waals surface area contributed by atoms with Crippen LogP contribution in [0.3, 0.4) is 0 Å². The van der Waals surface area contributed by atoms with Crippen LogP contribution >= 0.6 is 12.4 Å². The Bertz CT molecular complexity index is 419. The lowest BCUT2D eigenvalue weighted by atomic mass is 10.0. The van der Waals surface area contributed by atoms with Crippen LogP contribution in [0.4, 0.5) is 5.69 Å². The van der Waals surface area contributed by atoms with Gasteiger partial charge in [-0.3, -0.25) is 4.79 Å². The maximum absolute atomic E-state index is 11.9. The molecule has 5 heteroatoms. The molecule has 0 radical (unpaired) electrons. The molecule has 1 aromatic carbocycles. The predicted molar refractivity (Wildman–Crippen MR) is 89.7 cm³/mol. The first-order chi connectivity index (χ1) is 9.38. The quantitative estimate of drug-likeness (QED) is 0.811. The third-order valence-corrected chi connectivity index (χ3v) is 2.87. The summed E-state index contributed by atoms with van der Waals surface area (Å²) in [5.74, 6) is 0.274. The van der Waals surface area contributed by atoms with Crippen LogP contribution in [0.15, 0.2) is 24.3 Å². The van der Waals surface area contributed by atoms with Gasteiger partial charge in [0, 0.05) is 5.69 Å². The Morgan fingerprint density at radius 1 is 1.19 bits per heavy atom. The van der Waals surface area contributed by atoms with Gasteiger partial charge in [0.1, 0.15) is 0 Å². The molecule has 0 bridgehead atoms. The number of hydrogen-bond acceptors (Lipinski definition) is 3. The molecule has 0 heterocycles. The number of carbonyl (C=O) groups excluding carboxylic acids is 1. The third-order valence-electron chi connectivity index (χ3n) is 2.87. The molecule has 1 rings (SSSR count). The van der Waals surface area contributed by atoms with Gasteiger partial charge in [-0.2, -0.15) is 0 Å².